The van der Waals surface area contributed by atoms with E-state index in [1.165, 1.54) is 0 Å². The minimum absolute atomic E-state index is 0.186. The first-order valence-electron chi connectivity index (χ1n) is 4.66. The highest BCUT2D eigenvalue weighted by molar-refractivity contribution is 7.84. The maximum absolute atomic E-state index is 11.4. The first-order chi connectivity index (χ1) is 5.56. The second-order valence-corrected chi connectivity index (χ2v) is 5.21. The molecule has 2 nitrogen and oxygen atoms in total. The molecule has 0 aromatic carbocycles. The van der Waals surface area contributed by atoms with Crippen LogP contribution in [0.5, 0.6) is 0 Å². The molecule has 0 heterocycles. The third-order valence-corrected chi connectivity index (χ3v) is 3.60. The zero-order valence-electron chi connectivity index (χ0n) is 8.38. The predicted molar refractivity (Wildman–Crippen MR) is 55.6 cm³/mol. The third-order valence-electron chi connectivity index (χ3n) is 1.97. The van der Waals surface area contributed by atoms with Gasteiger partial charge in [0.1, 0.15) is 0 Å². The number of rotatable bonds is 6. The van der Waals surface area contributed by atoms with Crippen molar-refractivity contribution in [1.29, 1.82) is 0 Å². The van der Waals surface area contributed by atoms with Gasteiger partial charge in [0.15, 0.2) is 0 Å². The van der Waals surface area contributed by atoms with Crippen LogP contribution < -0.4 is 5.73 Å². The van der Waals surface area contributed by atoms with E-state index in [4.69, 9.17) is 5.73 Å². The van der Waals surface area contributed by atoms with Gasteiger partial charge in [0.2, 0.25) is 0 Å². The fourth-order valence-corrected chi connectivity index (χ4v) is 2.51. The van der Waals surface area contributed by atoms with Crippen LogP contribution >= 0.6 is 0 Å². The highest BCUT2D eigenvalue weighted by Crippen LogP contribution is 2.04. The highest BCUT2D eigenvalue weighted by atomic mass is 32.2. The molecule has 0 rings (SSSR count). The summed E-state index contributed by atoms with van der Waals surface area (Å²) >= 11 is 0. The summed E-state index contributed by atoms with van der Waals surface area (Å²) in [6.45, 7) is 6.23. The van der Waals surface area contributed by atoms with Crippen molar-refractivity contribution >= 4 is 10.8 Å². The minimum Gasteiger partial charge on any atom is -0.328 e. The van der Waals surface area contributed by atoms with Crippen LogP contribution in [-0.2, 0) is 10.8 Å². The van der Waals surface area contributed by atoms with Crippen molar-refractivity contribution < 1.29 is 4.21 Å². The molecule has 0 aromatic heterocycles. The van der Waals surface area contributed by atoms with E-state index in [0.717, 1.165) is 24.3 Å². The van der Waals surface area contributed by atoms with Gasteiger partial charge in [0.25, 0.3) is 0 Å². The molecule has 0 radical (unpaired) electrons. The Labute approximate surface area is 78.4 Å². The molecule has 0 bridgehead atoms. The van der Waals surface area contributed by atoms with Gasteiger partial charge in [0.05, 0.1) is 0 Å². The molecule has 3 atom stereocenters. The average Bonchev–Trinajstić information content (AvgIpc) is 2.00. The molecule has 0 aromatic rings. The van der Waals surface area contributed by atoms with E-state index in [2.05, 4.69) is 13.8 Å². The molecule has 0 spiro atoms. The Morgan fingerprint density at radius 3 is 2.42 bits per heavy atom. The van der Waals surface area contributed by atoms with Crippen molar-refractivity contribution in [3.8, 4) is 0 Å². The predicted octanol–water partition coefficient (Wildman–Crippen LogP) is 1.52. The second-order valence-electron chi connectivity index (χ2n) is 3.59. The van der Waals surface area contributed by atoms with Gasteiger partial charge in [-0.2, -0.15) is 0 Å². The van der Waals surface area contributed by atoms with E-state index >= 15 is 0 Å². The zero-order valence-corrected chi connectivity index (χ0v) is 9.19. The van der Waals surface area contributed by atoms with Crippen molar-refractivity contribution in [1.82, 2.24) is 0 Å². The van der Waals surface area contributed by atoms with Crippen LogP contribution in [0.2, 0.25) is 0 Å². The molecule has 0 amide bonds. The van der Waals surface area contributed by atoms with Gasteiger partial charge in [-0.05, 0) is 19.3 Å². The standard InChI is InChI=1S/C9H21NOS/c1-4-8(2)7-12(11)6-5-9(3)10/h8-9H,4-7,10H2,1-3H3. The van der Waals surface area contributed by atoms with E-state index < -0.39 is 10.8 Å². The van der Waals surface area contributed by atoms with Crippen LogP contribution in [0.1, 0.15) is 33.6 Å². The monoisotopic (exact) mass is 191 g/mol. The summed E-state index contributed by atoms with van der Waals surface area (Å²) in [6, 6.07) is 0.186. The molecule has 0 aliphatic carbocycles. The molecule has 3 unspecified atom stereocenters. The quantitative estimate of drug-likeness (QED) is 0.691. The molecule has 2 N–H and O–H groups in total. The Morgan fingerprint density at radius 2 is 2.00 bits per heavy atom. The van der Waals surface area contributed by atoms with Crippen molar-refractivity contribution in [3.05, 3.63) is 0 Å². The molecule has 3 heteroatoms. The summed E-state index contributed by atoms with van der Waals surface area (Å²) < 4.78 is 11.4. The van der Waals surface area contributed by atoms with E-state index in [1.807, 2.05) is 6.92 Å². The van der Waals surface area contributed by atoms with Crippen LogP contribution in [0, 0.1) is 5.92 Å². The van der Waals surface area contributed by atoms with Gasteiger partial charge < -0.3 is 5.73 Å². The van der Waals surface area contributed by atoms with Gasteiger partial charge in [0, 0.05) is 28.3 Å². The molecule has 0 fully saturated rings. The largest absolute Gasteiger partial charge is 0.328 e. The summed E-state index contributed by atoms with van der Waals surface area (Å²) in [4.78, 5) is 0. The Bertz CT molecular complexity index is 136. The molecular formula is C9H21NOS. The summed E-state index contributed by atoms with van der Waals surface area (Å²) in [5.74, 6) is 2.18. The van der Waals surface area contributed by atoms with Gasteiger partial charge in [-0.3, -0.25) is 4.21 Å². The third kappa shape index (κ3) is 6.80. The Hall–Kier alpha value is 0.110. The van der Waals surface area contributed by atoms with E-state index in [9.17, 15) is 4.21 Å². The van der Waals surface area contributed by atoms with Gasteiger partial charge in [-0.15, -0.1) is 0 Å². The molecule has 0 aliphatic heterocycles. The highest BCUT2D eigenvalue weighted by Gasteiger charge is 2.06. The van der Waals surface area contributed by atoms with Crippen molar-refractivity contribution in [3.63, 3.8) is 0 Å². The fourth-order valence-electron chi connectivity index (χ4n) is 0.836. The lowest BCUT2D eigenvalue weighted by molar-refractivity contribution is 0.611. The summed E-state index contributed by atoms with van der Waals surface area (Å²) in [5, 5.41) is 0. The lowest BCUT2D eigenvalue weighted by Crippen LogP contribution is -2.19. The Morgan fingerprint density at radius 1 is 1.42 bits per heavy atom. The number of hydrogen-bond donors (Lipinski definition) is 1. The molecule has 0 saturated carbocycles. The van der Waals surface area contributed by atoms with E-state index in [1.54, 1.807) is 0 Å². The maximum atomic E-state index is 11.4. The Balaban J connectivity index is 3.46. The minimum atomic E-state index is -0.651. The number of nitrogens with two attached hydrogens (primary N) is 1. The van der Waals surface area contributed by atoms with Crippen LogP contribution in [0.15, 0.2) is 0 Å². The summed E-state index contributed by atoms with van der Waals surface area (Å²) in [7, 11) is -0.651. The van der Waals surface area contributed by atoms with Gasteiger partial charge >= 0.3 is 0 Å². The van der Waals surface area contributed by atoms with Crippen molar-refractivity contribution in [2.75, 3.05) is 11.5 Å². The van der Waals surface area contributed by atoms with Gasteiger partial charge in [-0.25, -0.2) is 0 Å². The molecule has 12 heavy (non-hydrogen) atoms. The molecule has 74 valence electrons. The summed E-state index contributed by atoms with van der Waals surface area (Å²) in [6.07, 6.45) is 1.99. The van der Waals surface area contributed by atoms with E-state index in [0.29, 0.717) is 5.92 Å². The Kier molecular flexibility index (Phi) is 6.67. The summed E-state index contributed by atoms with van der Waals surface area (Å²) in [5.41, 5.74) is 5.57. The van der Waals surface area contributed by atoms with Crippen LogP contribution in [0.4, 0.5) is 0 Å². The molecule has 0 aliphatic rings. The first-order valence-corrected chi connectivity index (χ1v) is 6.15. The lowest BCUT2D eigenvalue weighted by atomic mass is 10.2. The molecule has 0 saturated heterocycles. The van der Waals surface area contributed by atoms with Crippen molar-refractivity contribution in [2.24, 2.45) is 11.7 Å². The number of hydrogen-bond acceptors (Lipinski definition) is 2. The fraction of sp³-hybridized carbons (Fsp3) is 1.00. The van der Waals surface area contributed by atoms with Crippen LogP contribution in [0.25, 0.3) is 0 Å². The second kappa shape index (κ2) is 6.61. The van der Waals surface area contributed by atoms with Crippen LogP contribution in [-0.4, -0.2) is 21.8 Å². The molecular weight excluding hydrogens is 170 g/mol. The van der Waals surface area contributed by atoms with E-state index in [-0.39, 0.29) is 6.04 Å². The smallest absolute Gasteiger partial charge is 0.0260 e. The normalized spacial score (nSPS) is 18.7. The average molecular weight is 191 g/mol. The topological polar surface area (TPSA) is 43.1 Å². The zero-order chi connectivity index (χ0) is 9.56. The first kappa shape index (κ1) is 12.1. The van der Waals surface area contributed by atoms with Crippen molar-refractivity contribution in [2.45, 2.75) is 39.7 Å². The van der Waals surface area contributed by atoms with Crippen LogP contribution in [0.3, 0.4) is 0 Å². The lowest BCUT2D eigenvalue weighted by Gasteiger charge is -2.08. The maximum Gasteiger partial charge on any atom is 0.0260 e. The van der Waals surface area contributed by atoms with Gasteiger partial charge in [-0.1, -0.05) is 20.3 Å². The SMILES string of the molecule is CCC(C)CS(=O)CCC(C)N.